The maximum Gasteiger partial charge on any atom is 0.234 e. The van der Waals surface area contributed by atoms with Crippen LogP contribution in [0.25, 0.3) is 11.4 Å². The first-order valence-electron chi connectivity index (χ1n) is 8.43. The number of nitrogens with two attached hydrogens (primary N) is 1. The molecule has 3 aromatic rings. The number of nitrogen functional groups attached to an aromatic ring is 1. The molecule has 0 aliphatic rings. The van der Waals surface area contributed by atoms with Gasteiger partial charge in [0.15, 0.2) is 5.82 Å². The number of nitrogens with zero attached hydrogens (tertiary/aromatic N) is 3. The number of aromatic nitrogens is 3. The minimum atomic E-state index is -0.382. The van der Waals surface area contributed by atoms with Crippen LogP contribution in [0.5, 0.6) is 0 Å². The van der Waals surface area contributed by atoms with E-state index >= 15 is 0 Å². The molecule has 0 fully saturated rings. The van der Waals surface area contributed by atoms with Crippen molar-refractivity contribution >= 4 is 23.4 Å². The Bertz CT molecular complexity index is 957. The van der Waals surface area contributed by atoms with E-state index in [0.29, 0.717) is 22.5 Å². The van der Waals surface area contributed by atoms with Crippen LogP contribution in [0.3, 0.4) is 0 Å². The molecule has 0 bridgehead atoms. The number of anilines is 1. The van der Waals surface area contributed by atoms with E-state index in [2.05, 4.69) is 29.4 Å². The van der Waals surface area contributed by atoms with Crippen LogP contribution in [0.1, 0.15) is 25.3 Å². The SMILES string of the molecule is CC(C)c1cccc(NC(=O)CSc2nnc(-c3cccc(F)c3)n2N)c1. The van der Waals surface area contributed by atoms with Crippen LogP contribution in [0, 0.1) is 5.82 Å². The first-order chi connectivity index (χ1) is 12.9. The van der Waals surface area contributed by atoms with Gasteiger partial charge in [-0.15, -0.1) is 10.2 Å². The number of benzene rings is 2. The van der Waals surface area contributed by atoms with Gasteiger partial charge in [-0.25, -0.2) is 9.07 Å². The number of hydrogen-bond donors (Lipinski definition) is 2. The minimum absolute atomic E-state index is 0.129. The van der Waals surface area contributed by atoms with E-state index in [0.717, 1.165) is 23.0 Å². The molecule has 3 rings (SSSR count). The van der Waals surface area contributed by atoms with Gasteiger partial charge in [-0.05, 0) is 35.7 Å². The summed E-state index contributed by atoms with van der Waals surface area (Å²) in [6, 6.07) is 13.7. The zero-order chi connectivity index (χ0) is 19.4. The highest BCUT2D eigenvalue weighted by Gasteiger charge is 2.14. The Morgan fingerprint density at radius 1 is 1.22 bits per heavy atom. The highest BCUT2D eigenvalue weighted by atomic mass is 32.2. The summed E-state index contributed by atoms with van der Waals surface area (Å²) in [6.07, 6.45) is 0. The zero-order valence-corrected chi connectivity index (χ0v) is 15.8. The topological polar surface area (TPSA) is 85.8 Å². The number of thioether (sulfide) groups is 1. The minimum Gasteiger partial charge on any atom is -0.335 e. The molecule has 0 spiro atoms. The second kappa shape index (κ2) is 8.22. The number of carbonyl (C=O) groups is 1. The lowest BCUT2D eigenvalue weighted by Gasteiger charge is -2.09. The number of halogens is 1. The molecule has 140 valence electrons. The molecule has 0 aliphatic carbocycles. The molecular weight excluding hydrogens is 365 g/mol. The molecule has 8 heteroatoms. The van der Waals surface area contributed by atoms with Crippen molar-refractivity contribution in [3.05, 3.63) is 59.9 Å². The molecule has 1 aromatic heterocycles. The van der Waals surface area contributed by atoms with Crippen molar-refractivity contribution < 1.29 is 9.18 Å². The van der Waals surface area contributed by atoms with Crippen molar-refractivity contribution in [1.82, 2.24) is 14.9 Å². The molecule has 27 heavy (non-hydrogen) atoms. The van der Waals surface area contributed by atoms with Crippen LogP contribution >= 0.6 is 11.8 Å². The van der Waals surface area contributed by atoms with Crippen molar-refractivity contribution in [3.8, 4) is 11.4 Å². The van der Waals surface area contributed by atoms with Gasteiger partial charge in [0.25, 0.3) is 0 Å². The summed E-state index contributed by atoms with van der Waals surface area (Å²) < 4.78 is 14.6. The molecule has 0 saturated carbocycles. The highest BCUT2D eigenvalue weighted by Crippen LogP contribution is 2.23. The number of amides is 1. The molecule has 1 heterocycles. The average Bonchev–Trinajstić information content (AvgIpc) is 3.01. The van der Waals surface area contributed by atoms with Crippen molar-refractivity contribution in [2.75, 3.05) is 16.9 Å². The van der Waals surface area contributed by atoms with Gasteiger partial charge in [-0.3, -0.25) is 4.79 Å². The Morgan fingerprint density at radius 2 is 2.00 bits per heavy atom. The van der Waals surface area contributed by atoms with E-state index in [-0.39, 0.29) is 17.5 Å². The highest BCUT2D eigenvalue weighted by molar-refractivity contribution is 7.99. The molecule has 3 N–H and O–H groups in total. The number of rotatable bonds is 6. The van der Waals surface area contributed by atoms with Gasteiger partial charge in [0, 0.05) is 11.3 Å². The summed E-state index contributed by atoms with van der Waals surface area (Å²) in [5, 5.41) is 11.2. The van der Waals surface area contributed by atoms with Gasteiger partial charge in [-0.1, -0.05) is 49.9 Å². The zero-order valence-electron chi connectivity index (χ0n) is 15.0. The first-order valence-corrected chi connectivity index (χ1v) is 9.41. The molecule has 0 saturated heterocycles. The van der Waals surface area contributed by atoms with Gasteiger partial charge in [-0.2, -0.15) is 0 Å². The summed E-state index contributed by atoms with van der Waals surface area (Å²) in [5.74, 6) is 6.29. The molecule has 0 radical (unpaired) electrons. The van der Waals surface area contributed by atoms with Crippen molar-refractivity contribution in [1.29, 1.82) is 0 Å². The van der Waals surface area contributed by atoms with E-state index in [1.807, 2.05) is 24.3 Å². The quantitative estimate of drug-likeness (QED) is 0.500. The fraction of sp³-hybridized carbons (Fsp3) is 0.211. The maximum atomic E-state index is 13.4. The molecule has 6 nitrogen and oxygen atoms in total. The third kappa shape index (κ3) is 4.65. The van der Waals surface area contributed by atoms with E-state index in [4.69, 9.17) is 5.84 Å². The van der Waals surface area contributed by atoms with Gasteiger partial charge >= 0.3 is 0 Å². The van der Waals surface area contributed by atoms with E-state index in [9.17, 15) is 9.18 Å². The van der Waals surface area contributed by atoms with Gasteiger partial charge in [0.05, 0.1) is 5.75 Å². The molecule has 1 amide bonds. The van der Waals surface area contributed by atoms with E-state index in [1.165, 1.54) is 16.8 Å². The number of nitrogens with one attached hydrogen (secondary N) is 1. The average molecular weight is 385 g/mol. The van der Waals surface area contributed by atoms with Crippen LogP contribution in [0.4, 0.5) is 10.1 Å². The van der Waals surface area contributed by atoms with Gasteiger partial charge in [0.1, 0.15) is 5.82 Å². The van der Waals surface area contributed by atoms with E-state index < -0.39 is 0 Å². The first kappa shape index (κ1) is 18.9. The molecule has 0 atom stereocenters. The normalized spacial score (nSPS) is 11.0. The maximum absolute atomic E-state index is 13.4. The molecule has 0 aliphatic heterocycles. The molecule has 0 unspecified atom stereocenters. The fourth-order valence-corrected chi connectivity index (χ4v) is 3.16. The summed E-state index contributed by atoms with van der Waals surface area (Å²) in [4.78, 5) is 12.2. The lowest BCUT2D eigenvalue weighted by Crippen LogP contribution is -2.16. The largest absolute Gasteiger partial charge is 0.335 e. The predicted molar refractivity (Wildman–Crippen MR) is 105 cm³/mol. The standard InChI is InChI=1S/C19H20FN5OS/c1-12(2)13-5-4-8-16(10-13)22-17(26)11-27-19-24-23-18(25(19)21)14-6-3-7-15(20)9-14/h3-10,12H,11,21H2,1-2H3,(H,22,26). The molecular formula is C19H20FN5OS. The molecule has 2 aromatic carbocycles. The van der Waals surface area contributed by atoms with Crippen molar-refractivity contribution in [3.63, 3.8) is 0 Å². The van der Waals surface area contributed by atoms with Crippen LogP contribution in [-0.4, -0.2) is 26.5 Å². The summed E-state index contributed by atoms with van der Waals surface area (Å²) in [5.41, 5.74) is 2.43. The predicted octanol–water partition coefficient (Wildman–Crippen LogP) is 3.65. The fourth-order valence-electron chi connectivity index (χ4n) is 2.50. The van der Waals surface area contributed by atoms with Crippen molar-refractivity contribution in [2.24, 2.45) is 0 Å². The second-order valence-corrected chi connectivity index (χ2v) is 7.25. The Morgan fingerprint density at radius 3 is 2.74 bits per heavy atom. The monoisotopic (exact) mass is 385 g/mol. The van der Waals surface area contributed by atoms with Crippen LogP contribution in [0.2, 0.25) is 0 Å². The Kier molecular flexibility index (Phi) is 5.75. The van der Waals surface area contributed by atoms with E-state index in [1.54, 1.807) is 12.1 Å². The number of hydrogen-bond acceptors (Lipinski definition) is 5. The van der Waals surface area contributed by atoms with Crippen LogP contribution < -0.4 is 11.2 Å². The third-order valence-electron chi connectivity index (χ3n) is 3.92. The summed E-state index contributed by atoms with van der Waals surface area (Å²) >= 11 is 1.16. The second-order valence-electron chi connectivity index (χ2n) is 6.30. The Hall–Kier alpha value is -2.87. The Labute approximate surface area is 161 Å². The Balaban J connectivity index is 1.63. The lowest BCUT2D eigenvalue weighted by atomic mass is 10.0. The van der Waals surface area contributed by atoms with Crippen LogP contribution in [0.15, 0.2) is 53.7 Å². The number of carbonyl (C=O) groups excluding carboxylic acids is 1. The smallest absolute Gasteiger partial charge is 0.234 e. The van der Waals surface area contributed by atoms with Gasteiger partial charge in [0.2, 0.25) is 11.1 Å². The van der Waals surface area contributed by atoms with Gasteiger partial charge < -0.3 is 11.2 Å². The third-order valence-corrected chi connectivity index (χ3v) is 4.86. The summed E-state index contributed by atoms with van der Waals surface area (Å²) in [7, 11) is 0. The lowest BCUT2D eigenvalue weighted by molar-refractivity contribution is -0.113. The van der Waals surface area contributed by atoms with Crippen molar-refractivity contribution in [2.45, 2.75) is 24.9 Å². The summed E-state index contributed by atoms with van der Waals surface area (Å²) in [6.45, 7) is 4.20. The van der Waals surface area contributed by atoms with Crippen LogP contribution in [-0.2, 0) is 4.79 Å².